The van der Waals surface area contributed by atoms with Crippen LogP contribution in [-0.4, -0.2) is 21.9 Å². The Balaban J connectivity index is 1.59. The van der Waals surface area contributed by atoms with Gasteiger partial charge in [-0.25, -0.2) is 4.79 Å². The van der Waals surface area contributed by atoms with Crippen molar-refractivity contribution in [2.45, 2.75) is 38.8 Å². The van der Waals surface area contributed by atoms with E-state index in [0.717, 1.165) is 28.8 Å². The number of nitrogens with zero attached hydrogens (tertiary/aromatic N) is 1. The number of aromatic carboxylic acids is 1. The predicted molar refractivity (Wildman–Crippen MR) is 114 cm³/mol. The molecule has 1 aliphatic rings. The third-order valence-corrected chi connectivity index (χ3v) is 6.51. The maximum Gasteiger partial charge on any atom is 0.335 e. The molecule has 5 heteroatoms. The highest BCUT2D eigenvalue weighted by molar-refractivity contribution is 7.14. The minimum absolute atomic E-state index is 0.0376. The Labute approximate surface area is 174 Å². The number of amides is 1. The third kappa shape index (κ3) is 4.57. The molecule has 2 aromatic carbocycles. The lowest BCUT2D eigenvalue weighted by molar-refractivity contribution is 0.0693. The van der Waals surface area contributed by atoms with E-state index in [1.165, 1.54) is 23.3 Å². The summed E-state index contributed by atoms with van der Waals surface area (Å²) in [6.45, 7) is 0.957. The molecule has 0 atom stereocenters. The van der Waals surface area contributed by atoms with Crippen molar-refractivity contribution in [3.05, 3.63) is 92.7 Å². The van der Waals surface area contributed by atoms with E-state index in [1.807, 2.05) is 35.2 Å². The second kappa shape index (κ2) is 8.62. The van der Waals surface area contributed by atoms with Crippen LogP contribution in [0.4, 0.5) is 0 Å². The lowest BCUT2D eigenvalue weighted by Crippen LogP contribution is -2.29. The smallest absolute Gasteiger partial charge is 0.335 e. The molecule has 3 aromatic rings. The Bertz CT molecular complexity index is 985. The first-order valence-corrected chi connectivity index (χ1v) is 10.7. The van der Waals surface area contributed by atoms with Crippen LogP contribution in [0.2, 0.25) is 0 Å². The molecule has 1 heterocycles. The molecule has 29 heavy (non-hydrogen) atoms. The van der Waals surface area contributed by atoms with E-state index in [2.05, 4.69) is 6.07 Å². The molecule has 1 aliphatic carbocycles. The molecule has 0 saturated carbocycles. The van der Waals surface area contributed by atoms with Crippen LogP contribution in [0.5, 0.6) is 0 Å². The number of carbonyl (C=O) groups is 2. The Hall–Kier alpha value is -2.92. The minimum Gasteiger partial charge on any atom is -0.478 e. The molecule has 0 saturated heterocycles. The molecule has 0 spiro atoms. The summed E-state index contributed by atoms with van der Waals surface area (Å²) >= 11 is 1.63. The maximum absolute atomic E-state index is 13.4. The van der Waals surface area contributed by atoms with Gasteiger partial charge in [0.1, 0.15) is 0 Å². The van der Waals surface area contributed by atoms with Crippen LogP contribution >= 0.6 is 11.3 Å². The van der Waals surface area contributed by atoms with Crippen molar-refractivity contribution >= 4 is 23.2 Å². The average Bonchev–Trinajstić information content (AvgIpc) is 3.18. The topological polar surface area (TPSA) is 57.6 Å². The summed E-state index contributed by atoms with van der Waals surface area (Å²) in [5.74, 6) is -0.909. The fourth-order valence-electron chi connectivity index (χ4n) is 3.73. The molecule has 148 valence electrons. The number of rotatable bonds is 6. The van der Waals surface area contributed by atoms with E-state index in [4.69, 9.17) is 5.11 Å². The first kappa shape index (κ1) is 19.4. The number of aryl methyl sites for hydroxylation is 2. The summed E-state index contributed by atoms with van der Waals surface area (Å²) in [5.41, 5.74) is 3.57. The number of fused-ring (bicyclic) bond motifs is 1. The minimum atomic E-state index is -0.946. The van der Waals surface area contributed by atoms with Gasteiger partial charge >= 0.3 is 5.97 Å². The van der Waals surface area contributed by atoms with Crippen molar-refractivity contribution in [1.29, 1.82) is 0 Å². The zero-order chi connectivity index (χ0) is 20.2. The van der Waals surface area contributed by atoms with Gasteiger partial charge in [0.25, 0.3) is 5.91 Å². The first-order chi connectivity index (χ1) is 14.1. The van der Waals surface area contributed by atoms with Crippen LogP contribution < -0.4 is 0 Å². The number of carbonyl (C=O) groups excluding carboxylic acids is 1. The van der Waals surface area contributed by atoms with Gasteiger partial charge in [0.15, 0.2) is 0 Å². The monoisotopic (exact) mass is 405 g/mol. The number of carboxylic acid groups (broad SMARTS) is 1. The molecule has 4 rings (SSSR count). The summed E-state index contributed by atoms with van der Waals surface area (Å²) in [6, 6.07) is 18.8. The maximum atomic E-state index is 13.4. The van der Waals surface area contributed by atoms with Crippen molar-refractivity contribution < 1.29 is 14.7 Å². The van der Waals surface area contributed by atoms with Gasteiger partial charge in [0.05, 0.1) is 10.4 Å². The van der Waals surface area contributed by atoms with Crippen molar-refractivity contribution in [2.75, 3.05) is 0 Å². The van der Waals surface area contributed by atoms with Crippen molar-refractivity contribution in [1.82, 2.24) is 4.90 Å². The van der Waals surface area contributed by atoms with E-state index in [-0.39, 0.29) is 11.5 Å². The van der Waals surface area contributed by atoms with E-state index < -0.39 is 5.97 Å². The molecule has 0 bridgehead atoms. The lowest BCUT2D eigenvalue weighted by Gasteiger charge is -2.22. The number of hydrogen-bond acceptors (Lipinski definition) is 3. The zero-order valence-corrected chi connectivity index (χ0v) is 17.0. The molecule has 0 unspecified atom stereocenters. The van der Waals surface area contributed by atoms with Gasteiger partial charge in [-0.1, -0.05) is 42.5 Å². The highest BCUT2D eigenvalue weighted by Crippen LogP contribution is 2.31. The predicted octanol–water partition coefficient (Wildman–Crippen LogP) is 5.17. The first-order valence-electron chi connectivity index (χ1n) is 9.87. The molecule has 0 aliphatic heterocycles. The fourth-order valence-corrected chi connectivity index (χ4v) is 4.95. The molecule has 0 radical (unpaired) electrons. The van der Waals surface area contributed by atoms with Crippen LogP contribution in [-0.2, 0) is 25.9 Å². The number of thiophene rings is 1. The van der Waals surface area contributed by atoms with Gasteiger partial charge in [-0.15, -0.1) is 11.3 Å². The molecule has 1 amide bonds. The average molecular weight is 406 g/mol. The Morgan fingerprint density at radius 2 is 1.55 bits per heavy atom. The van der Waals surface area contributed by atoms with Crippen molar-refractivity contribution in [3.8, 4) is 0 Å². The molecule has 0 fully saturated rings. The number of carboxylic acids is 1. The number of hydrogen-bond donors (Lipinski definition) is 1. The Morgan fingerprint density at radius 3 is 2.21 bits per heavy atom. The number of benzene rings is 2. The van der Waals surface area contributed by atoms with E-state index in [0.29, 0.717) is 13.1 Å². The van der Waals surface area contributed by atoms with Crippen LogP contribution in [0.3, 0.4) is 0 Å². The van der Waals surface area contributed by atoms with Crippen LogP contribution in [0.15, 0.2) is 60.7 Å². The van der Waals surface area contributed by atoms with Gasteiger partial charge in [0.2, 0.25) is 0 Å². The van der Waals surface area contributed by atoms with Crippen molar-refractivity contribution in [3.63, 3.8) is 0 Å². The van der Waals surface area contributed by atoms with Gasteiger partial charge < -0.3 is 10.0 Å². The molecule has 1 aromatic heterocycles. The molecule has 1 N–H and O–H groups in total. The van der Waals surface area contributed by atoms with E-state index in [9.17, 15) is 9.59 Å². The second-order valence-electron chi connectivity index (χ2n) is 7.42. The molecular formula is C24H23NO3S. The van der Waals surface area contributed by atoms with E-state index in [1.54, 1.807) is 35.6 Å². The summed E-state index contributed by atoms with van der Waals surface area (Å²) in [5, 5.41) is 9.11. The highest BCUT2D eigenvalue weighted by Gasteiger charge is 2.22. The summed E-state index contributed by atoms with van der Waals surface area (Å²) in [7, 11) is 0. The quantitative estimate of drug-likeness (QED) is 0.616. The fraction of sp³-hybridized carbons (Fsp3) is 0.250. The van der Waals surface area contributed by atoms with Crippen LogP contribution in [0.25, 0.3) is 0 Å². The highest BCUT2D eigenvalue weighted by atomic mass is 32.1. The van der Waals surface area contributed by atoms with Crippen LogP contribution in [0.1, 0.15) is 54.4 Å². The Morgan fingerprint density at radius 1 is 0.897 bits per heavy atom. The summed E-state index contributed by atoms with van der Waals surface area (Å²) < 4.78 is 0. The second-order valence-corrected chi connectivity index (χ2v) is 8.55. The molecule has 4 nitrogen and oxygen atoms in total. The zero-order valence-electron chi connectivity index (χ0n) is 16.1. The largest absolute Gasteiger partial charge is 0.478 e. The standard InChI is InChI=1S/C24H23NO3S/c26-23(22-14-20-8-4-5-9-21(20)29-22)25(15-17-6-2-1-3-7-17)16-18-10-12-19(13-11-18)24(27)28/h1-3,6-7,10-14H,4-5,8-9,15-16H2,(H,27,28). The van der Waals surface area contributed by atoms with Gasteiger partial charge in [-0.3, -0.25) is 4.79 Å². The van der Waals surface area contributed by atoms with E-state index >= 15 is 0 Å². The van der Waals surface area contributed by atoms with Gasteiger partial charge in [-0.05, 0) is 60.6 Å². The summed E-state index contributed by atoms with van der Waals surface area (Å²) in [4.78, 5) is 28.5. The normalized spacial score (nSPS) is 13.0. The van der Waals surface area contributed by atoms with Crippen LogP contribution in [0, 0.1) is 0 Å². The molecular weight excluding hydrogens is 382 g/mol. The van der Waals surface area contributed by atoms with Gasteiger partial charge in [-0.2, -0.15) is 0 Å². The third-order valence-electron chi connectivity index (χ3n) is 5.29. The summed E-state index contributed by atoms with van der Waals surface area (Å²) in [6.07, 6.45) is 4.53. The Kier molecular flexibility index (Phi) is 5.76. The van der Waals surface area contributed by atoms with Crippen molar-refractivity contribution in [2.24, 2.45) is 0 Å². The lowest BCUT2D eigenvalue weighted by atomic mass is 9.99. The SMILES string of the molecule is O=C(O)c1ccc(CN(Cc2ccccc2)C(=O)c2cc3c(s2)CCCC3)cc1. The van der Waals surface area contributed by atoms with Gasteiger partial charge in [0, 0.05) is 18.0 Å².